The molecule has 3 nitrogen and oxygen atoms in total. The van der Waals surface area contributed by atoms with Gasteiger partial charge in [0, 0.05) is 17.2 Å². The van der Waals surface area contributed by atoms with Crippen molar-refractivity contribution in [3.8, 4) is 0 Å². The number of alkyl halides is 3. The lowest BCUT2D eigenvalue weighted by Crippen LogP contribution is -2.35. The van der Waals surface area contributed by atoms with Gasteiger partial charge in [0.25, 0.3) is 5.78 Å². The zero-order valence-electron chi connectivity index (χ0n) is 9.39. The Labute approximate surface area is 97.5 Å². The second-order valence-corrected chi connectivity index (χ2v) is 4.46. The summed E-state index contributed by atoms with van der Waals surface area (Å²) in [6.45, 7) is -0.319. The highest BCUT2D eigenvalue weighted by Crippen LogP contribution is 2.40. The molecule has 0 amide bonds. The van der Waals surface area contributed by atoms with Crippen molar-refractivity contribution in [1.29, 1.82) is 0 Å². The number of aliphatic hydroxyl groups excluding tert-OH is 1. The van der Waals surface area contributed by atoms with Crippen LogP contribution in [0.15, 0.2) is 11.8 Å². The van der Waals surface area contributed by atoms with Crippen molar-refractivity contribution in [2.45, 2.75) is 38.3 Å². The Morgan fingerprint density at radius 3 is 2.24 bits per heavy atom. The Morgan fingerprint density at radius 2 is 1.82 bits per heavy atom. The number of ketones is 1. The normalized spacial score (nSPS) is 21.3. The Kier molecular flexibility index (Phi) is 4.19. The molecule has 3 N–H and O–H groups in total. The van der Waals surface area contributed by atoms with E-state index in [2.05, 4.69) is 0 Å². The monoisotopic (exact) mass is 251 g/mol. The topological polar surface area (TPSA) is 63.3 Å². The number of carbonyl (C=O) groups excluding carboxylic acids is 1. The summed E-state index contributed by atoms with van der Waals surface area (Å²) in [5, 5.41) is 9.31. The van der Waals surface area contributed by atoms with Gasteiger partial charge in [-0.15, -0.1) is 0 Å². The van der Waals surface area contributed by atoms with E-state index in [9.17, 15) is 23.1 Å². The number of carbonyl (C=O) groups is 1. The molecule has 0 atom stereocenters. The van der Waals surface area contributed by atoms with Crippen LogP contribution in [0.2, 0.25) is 0 Å². The van der Waals surface area contributed by atoms with Crippen LogP contribution in [0.1, 0.15) is 32.1 Å². The van der Waals surface area contributed by atoms with Gasteiger partial charge in [-0.25, -0.2) is 0 Å². The van der Waals surface area contributed by atoms with Crippen LogP contribution in [0, 0.1) is 5.41 Å². The van der Waals surface area contributed by atoms with Crippen molar-refractivity contribution in [2.75, 3.05) is 6.61 Å². The van der Waals surface area contributed by atoms with Gasteiger partial charge in [-0.3, -0.25) is 4.79 Å². The van der Waals surface area contributed by atoms with Gasteiger partial charge in [0.05, 0.1) is 6.61 Å². The highest BCUT2D eigenvalue weighted by atomic mass is 19.4. The maximum absolute atomic E-state index is 12.1. The molecule has 1 fully saturated rings. The van der Waals surface area contributed by atoms with Gasteiger partial charge in [-0.05, 0) is 12.8 Å². The van der Waals surface area contributed by atoms with Crippen LogP contribution in [-0.4, -0.2) is 23.7 Å². The standard InChI is InChI=1S/C11H16F3NO2/c12-11(13,14)9(17)6-8(15)10(7-16)4-2-1-3-5-10/h6,16H,1-5,7,15H2/b8-6-. The first-order chi connectivity index (χ1) is 7.82. The van der Waals surface area contributed by atoms with Gasteiger partial charge in [-0.1, -0.05) is 19.3 Å². The molecule has 0 heterocycles. The maximum Gasteiger partial charge on any atom is 0.454 e. The summed E-state index contributed by atoms with van der Waals surface area (Å²) in [5.74, 6) is -1.96. The molecular weight excluding hydrogens is 235 g/mol. The Bertz CT molecular complexity index is 317. The molecule has 1 aliphatic carbocycles. The molecule has 1 saturated carbocycles. The largest absolute Gasteiger partial charge is 0.454 e. The first kappa shape index (κ1) is 14.0. The number of halogens is 3. The molecule has 6 heteroatoms. The SMILES string of the molecule is N/C(=C\C(=O)C(F)(F)F)C1(CO)CCCCC1. The van der Waals surface area contributed by atoms with Crippen LogP contribution in [0.25, 0.3) is 0 Å². The lowest BCUT2D eigenvalue weighted by Gasteiger charge is -2.36. The number of rotatable bonds is 3. The second kappa shape index (κ2) is 5.08. The molecule has 98 valence electrons. The number of allylic oxidation sites excluding steroid dienone is 1. The molecule has 0 radical (unpaired) electrons. The molecule has 0 aromatic carbocycles. The quantitative estimate of drug-likeness (QED) is 0.753. The predicted molar refractivity (Wildman–Crippen MR) is 55.9 cm³/mol. The molecule has 0 aliphatic heterocycles. The van der Waals surface area contributed by atoms with E-state index in [4.69, 9.17) is 5.73 Å². The summed E-state index contributed by atoms with van der Waals surface area (Å²) >= 11 is 0. The van der Waals surface area contributed by atoms with Gasteiger partial charge < -0.3 is 10.8 Å². The van der Waals surface area contributed by atoms with Crippen molar-refractivity contribution in [3.05, 3.63) is 11.8 Å². The van der Waals surface area contributed by atoms with Gasteiger partial charge in [0.15, 0.2) is 0 Å². The van der Waals surface area contributed by atoms with Gasteiger partial charge in [0.1, 0.15) is 0 Å². The predicted octanol–water partition coefficient (Wildman–Crippen LogP) is 1.90. The van der Waals surface area contributed by atoms with E-state index in [-0.39, 0.29) is 12.3 Å². The van der Waals surface area contributed by atoms with Crippen LogP contribution in [0.4, 0.5) is 13.2 Å². The van der Waals surface area contributed by atoms with Gasteiger partial charge in [0.2, 0.25) is 0 Å². The number of hydrogen-bond acceptors (Lipinski definition) is 3. The van der Waals surface area contributed by atoms with E-state index >= 15 is 0 Å². The van der Waals surface area contributed by atoms with E-state index in [1.807, 2.05) is 0 Å². The highest BCUT2D eigenvalue weighted by molar-refractivity contribution is 5.95. The number of aliphatic hydroxyl groups is 1. The minimum absolute atomic E-state index is 0.151. The molecule has 0 saturated heterocycles. The van der Waals surface area contributed by atoms with E-state index in [0.717, 1.165) is 19.3 Å². The fourth-order valence-electron chi connectivity index (χ4n) is 2.14. The lowest BCUT2D eigenvalue weighted by molar-refractivity contribution is -0.165. The summed E-state index contributed by atoms with van der Waals surface area (Å²) in [5.41, 5.74) is 4.57. The molecule has 0 aromatic heterocycles. The average Bonchev–Trinajstić information content (AvgIpc) is 2.28. The smallest absolute Gasteiger partial charge is 0.401 e. The van der Waals surface area contributed by atoms with Crippen molar-refractivity contribution in [1.82, 2.24) is 0 Å². The summed E-state index contributed by atoms with van der Waals surface area (Å²) in [4.78, 5) is 10.8. The van der Waals surface area contributed by atoms with Crippen molar-refractivity contribution < 1.29 is 23.1 Å². The highest BCUT2D eigenvalue weighted by Gasteiger charge is 2.40. The fraction of sp³-hybridized carbons (Fsp3) is 0.727. The second-order valence-electron chi connectivity index (χ2n) is 4.46. The minimum atomic E-state index is -4.91. The third-order valence-electron chi connectivity index (χ3n) is 3.29. The molecular formula is C11H16F3NO2. The molecule has 1 aliphatic rings. The Balaban J connectivity index is 2.89. The first-order valence-electron chi connectivity index (χ1n) is 5.51. The zero-order chi connectivity index (χ0) is 13.1. The van der Waals surface area contributed by atoms with Gasteiger partial charge in [-0.2, -0.15) is 13.2 Å². The summed E-state index contributed by atoms with van der Waals surface area (Å²) in [6.07, 6.45) is -0.863. The molecule has 0 aromatic rings. The summed E-state index contributed by atoms with van der Waals surface area (Å²) in [6, 6.07) is 0. The number of nitrogens with two attached hydrogens (primary N) is 1. The van der Waals surface area contributed by atoms with Crippen LogP contribution in [-0.2, 0) is 4.79 Å². The van der Waals surface area contributed by atoms with Crippen molar-refractivity contribution in [2.24, 2.45) is 11.1 Å². The van der Waals surface area contributed by atoms with Crippen LogP contribution in [0.3, 0.4) is 0 Å². The molecule has 1 rings (SSSR count). The third-order valence-corrected chi connectivity index (χ3v) is 3.29. The average molecular weight is 251 g/mol. The molecule has 0 spiro atoms. The van der Waals surface area contributed by atoms with E-state index in [0.29, 0.717) is 18.9 Å². The fourth-order valence-corrected chi connectivity index (χ4v) is 2.14. The first-order valence-corrected chi connectivity index (χ1v) is 5.51. The third kappa shape index (κ3) is 3.21. The summed E-state index contributed by atoms with van der Waals surface area (Å²) < 4.78 is 36.3. The molecule has 0 unspecified atom stereocenters. The van der Waals surface area contributed by atoms with Crippen LogP contribution >= 0.6 is 0 Å². The molecule has 0 bridgehead atoms. The lowest BCUT2D eigenvalue weighted by atomic mass is 9.72. The Hall–Kier alpha value is -1.04. The van der Waals surface area contributed by atoms with Crippen LogP contribution in [0.5, 0.6) is 0 Å². The van der Waals surface area contributed by atoms with Crippen LogP contribution < -0.4 is 5.73 Å². The van der Waals surface area contributed by atoms with E-state index < -0.39 is 17.4 Å². The van der Waals surface area contributed by atoms with E-state index in [1.54, 1.807) is 0 Å². The minimum Gasteiger partial charge on any atom is -0.401 e. The zero-order valence-corrected chi connectivity index (χ0v) is 9.39. The van der Waals surface area contributed by atoms with E-state index in [1.165, 1.54) is 0 Å². The van der Waals surface area contributed by atoms with Crippen molar-refractivity contribution in [3.63, 3.8) is 0 Å². The van der Waals surface area contributed by atoms with Gasteiger partial charge >= 0.3 is 6.18 Å². The Morgan fingerprint density at radius 1 is 1.29 bits per heavy atom. The maximum atomic E-state index is 12.1. The summed E-state index contributed by atoms with van der Waals surface area (Å²) in [7, 11) is 0. The number of hydrogen-bond donors (Lipinski definition) is 2. The van der Waals surface area contributed by atoms with Crippen molar-refractivity contribution >= 4 is 5.78 Å². The molecule has 17 heavy (non-hydrogen) atoms.